The van der Waals surface area contributed by atoms with Crippen LogP contribution in [0.1, 0.15) is 11.1 Å². The van der Waals surface area contributed by atoms with Crippen LogP contribution in [-0.4, -0.2) is 22.4 Å². The lowest BCUT2D eigenvalue weighted by Crippen LogP contribution is -2.23. The summed E-state index contributed by atoms with van der Waals surface area (Å²) in [6.45, 7) is 4.11. The molecule has 0 saturated carbocycles. The second-order valence-corrected chi connectivity index (χ2v) is 7.62. The smallest absolute Gasteiger partial charge is 0.243 e. The number of rotatable bonds is 5. The Hall–Kier alpha value is -3.25. The average Bonchev–Trinajstić information content (AvgIpc) is 3.15. The summed E-state index contributed by atoms with van der Waals surface area (Å²) in [6, 6.07) is 18.2. The molecule has 0 unspecified atom stereocenters. The van der Waals surface area contributed by atoms with E-state index in [1.807, 2.05) is 50.2 Å². The summed E-state index contributed by atoms with van der Waals surface area (Å²) in [5.41, 5.74) is 4.10. The van der Waals surface area contributed by atoms with Gasteiger partial charge in [0.1, 0.15) is 17.0 Å². The Kier molecular flexibility index (Phi) is 5.04. The summed E-state index contributed by atoms with van der Waals surface area (Å²) in [7, 11) is 0. The highest BCUT2D eigenvalue weighted by Gasteiger charge is 2.12. The van der Waals surface area contributed by atoms with Crippen LogP contribution in [0.2, 0.25) is 0 Å². The van der Waals surface area contributed by atoms with Crippen LogP contribution in [0.4, 0.5) is 11.5 Å². The normalized spacial score (nSPS) is 10.8. The SMILES string of the molecule is Cc1cccc(C)c1NC(=O)CNc1ncnc2sc(-c3ccccc3)cc12. The number of anilines is 2. The molecular weight excluding hydrogens is 368 g/mol. The summed E-state index contributed by atoms with van der Waals surface area (Å²) < 4.78 is 0. The standard InChI is InChI=1S/C22H20N4OS/c1-14-7-6-8-15(2)20(14)26-19(27)12-23-21-17-11-18(16-9-4-3-5-10-16)28-22(17)25-13-24-21/h3-11,13H,12H2,1-2H3,(H,26,27)(H,23,24,25). The van der Waals surface area contributed by atoms with E-state index in [9.17, 15) is 4.79 Å². The van der Waals surface area contributed by atoms with Crippen molar-refractivity contribution in [2.24, 2.45) is 0 Å². The Morgan fingerprint density at radius 3 is 2.50 bits per heavy atom. The fraction of sp³-hybridized carbons (Fsp3) is 0.136. The molecule has 0 aliphatic rings. The summed E-state index contributed by atoms with van der Waals surface area (Å²) in [4.78, 5) is 23.2. The van der Waals surface area contributed by atoms with E-state index in [0.29, 0.717) is 5.82 Å². The van der Waals surface area contributed by atoms with Crippen molar-refractivity contribution in [1.82, 2.24) is 9.97 Å². The Bertz CT molecular complexity index is 1120. The minimum Gasteiger partial charge on any atom is -0.360 e. The molecule has 6 heteroatoms. The van der Waals surface area contributed by atoms with Crippen LogP contribution in [0.5, 0.6) is 0 Å². The highest BCUT2D eigenvalue weighted by atomic mass is 32.1. The fourth-order valence-corrected chi connectivity index (χ4v) is 4.10. The highest BCUT2D eigenvalue weighted by Crippen LogP contribution is 2.34. The minimum atomic E-state index is -0.109. The lowest BCUT2D eigenvalue weighted by Gasteiger charge is -2.12. The highest BCUT2D eigenvalue weighted by molar-refractivity contribution is 7.21. The van der Waals surface area contributed by atoms with Gasteiger partial charge < -0.3 is 10.6 Å². The van der Waals surface area contributed by atoms with Gasteiger partial charge in [-0.05, 0) is 36.6 Å². The molecule has 0 aliphatic heterocycles. The minimum absolute atomic E-state index is 0.109. The molecule has 0 spiro atoms. The second-order valence-electron chi connectivity index (χ2n) is 6.59. The molecular formula is C22H20N4OS. The number of para-hydroxylation sites is 1. The lowest BCUT2D eigenvalue weighted by molar-refractivity contribution is -0.114. The van der Waals surface area contributed by atoms with Gasteiger partial charge in [-0.15, -0.1) is 11.3 Å². The van der Waals surface area contributed by atoms with Gasteiger partial charge in [-0.2, -0.15) is 0 Å². The second kappa shape index (κ2) is 7.78. The zero-order chi connectivity index (χ0) is 19.5. The number of carbonyl (C=O) groups excluding carboxylic acids is 1. The Labute approximate surface area is 167 Å². The fourth-order valence-electron chi connectivity index (χ4n) is 3.10. The first-order valence-electron chi connectivity index (χ1n) is 9.02. The third-order valence-electron chi connectivity index (χ3n) is 4.55. The molecule has 4 aromatic rings. The molecule has 2 aromatic carbocycles. The predicted molar refractivity (Wildman–Crippen MR) is 116 cm³/mol. The van der Waals surface area contributed by atoms with Crippen LogP contribution >= 0.6 is 11.3 Å². The quantitative estimate of drug-likeness (QED) is 0.503. The number of carbonyl (C=O) groups is 1. The molecule has 2 aromatic heterocycles. The van der Waals surface area contributed by atoms with E-state index in [1.165, 1.54) is 6.33 Å². The molecule has 28 heavy (non-hydrogen) atoms. The van der Waals surface area contributed by atoms with E-state index in [1.54, 1.807) is 11.3 Å². The monoisotopic (exact) mass is 388 g/mol. The molecule has 140 valence electrons. The number of aromatic nitrogens is 2. The number of aryl methyl sites for hydroxylation is 2. The van der Waals surface area contributed by atoms with E-state index < -0.39 is 0 Å². The van der Waals surface area contributed by atoms with E-state index in [-0.39, 0.29) is 12.5 Å². The van der Waals surface area contributed by atoms with Crippen LogP contribution in [0.3, 0.4) is 0 Å². The van der Waals surface area contributed by atoms with Crippen molar-refractivity contribution in [3.8, 4) is 10.4 Å². The third-order valence-corrected chi connectivity index (χ3v) is 5.64. The average molecular weight is 388 g/mol. The molecule has 4 rings (SSSR count). The van der Waals surface area contributed by atoms with Crippen LogP contribution in [-0.2, 0) is 4.79 Å². The van der Waals surface area contributed by atoms with Gasteiger partial charge in [-0.25, -0.2) is 9.97 Å². The molecule has 2 heterocycles. The number of nitrogens with zero attached hydrogens (tertiary/aromatic N) is 2. The summed E-state index contributed by atoms with van der Waals surface area (Å²) in [5.74, 6) is 0.558. The van der Waals surface area contributed by atoms with Crippen LogP contribution in [0.25, 0.3) is 20.7 Å². The molecule has 0 fully saturated rings. The zero-order valence-electron chi connectivity index (χ0n) is 15.7. The maximum Gasteiger partial charge on any atom is 0.243 e. The van der Waals surface area contributed by atoms with Gasteiger partial charge in [0.25, 0.3) is 0 Å². The van der Waals surface area contributed by atoms with Gasteiger partial charge in [0.2, 0.25) is 5.91 Å². The van der Waals surface area contributed by atoms with Crippen molar-refractivity contribution in [2.75, 3.05) is 17.2 Å². The van der Waals surface area contributed by atoms with Gasteiger partial charge in [0.15, 0.2) is 0 Å². The van der Waals surface area contributed by atoms with Crippen molar-refractivity contribution in [1.29, 1.82) is 0 Å². The molecule has 0 bridgehead atoms. The lowest BCUT2D eigenvalue weighted by atomic mass is 10.1. The van der Waals surface area contributed by atoms with E-state index in [0.717, 1.165) is 37.5 Å². The number of amides is 1. The maximum absolute atomic E-state index is 12.4. The molecule has 0 radical (unpaired) electrons. The third kappa shape index (κ3) is 3.73. The van der Waals surface area contributed by atoms with E-state index >= 15 is 0 Å². The van der Waals surface area contributed by atoms with Gasteiger partial charge >= 0.3 is 0 Å². The van der Waals surface area contributed by atoms with Crippen molar-refractivity contribution >= 4 is 39.0 Å². The van der Waals surface area contributed by atoms with Crippen molar-refractivity contribution in [3.63, 3.8) is 0 Å². The van der Waals surface area contributed by atoms with Crippen molar-refractivity contribution < 1.29 is 4.79 Å². The molecule has 0 aliphatic carbocycles. The van der Waals surface area contributed by atoms with Gasteiger partial charge in [0, 0.05) is 10.6 Å². The number of thiophene rings is 1. The number of hydrogen-bond donors (Lipinski definition) is 2. The molecule has 0 saturated heterocycles. The van der Waals surface area contributed by atoms with E-state index in [2.05, 4.69) is 38.8 Å². The van der Waals surface area contributed by atoms with Gasteiger partial charge in [0.05, 0.1) is 11.9 Å². The molecule has 2 N–H and O–H groups in total. The van der Waals surface area contributed by atoms with Gasteiger partial charge in [-0.1, -0.05) is 48.5 Å². The molecule has 5 nitrogen and oxygen atoms in total. The summed E-state index contributed by atoms with van der Waals surface area (Å²) >= 11 is 1.61. The zero-order valence-corrected chi connectivity index (χ0v) is 16.5. The number of hydrogen-bond acceptors (Lipinski definition) is 5. The van der Waals surface area contributed by atoms with Crippen LogP contribution in [0.15, 0.2) is 60.9 Å². The maximum atomic E-state index is 12.4. The first kappa shape index (κ1) is 18.1. The van der Waals surface area contributed by atoms with Crippen molar-refractivity contribution in [3.05, 3.63) is 72.1 Å². The Balaban J connectivity index is 1.52. The first-order chi connectivity index (χ1) is 13.6. The Morgan fingerprint density at radius 1 is 1.00 bits per heavy atom. The van der Waals surface area contributed by atoms with Crippen LogP contribution in [0, 0.1) is 13.8 Å². The van der Waals surface area contributed by atoms with Crippen LogP contribution < -0.4 is 10.6 Å². The largest absolute Gasteiger partial charge is 0.360 e. The molecule has 0 atom stereocenters. The number of nitrogens with one attached hydrogen (secondary N) is 2. The van der Waals surface area contributed by atoms with Gasteiger partial charge in [-0.3, -0.25) is 4.79 Å². The number of benzene rings is 2. The van der Waals surface area contributed by atoms with E-state index in [4.69, 9.17) is 0 Å². The topological polar surface area (TPSA) is 66.9 Å². The van der Waals surface area contributed by atoms with Crippen molar-refractivity contribution in [2.45, 2.75) is 13.8 Å². The number of fused-ring (bicyclic) bond motifs is 1. The molecule has 1 amide bonds. The predicted octanol–water partition coefficient (Wildman–Crippen LogP) is 5.03. The first-order valence-corrected chi connectivity index (χ1v) is 9.83. The summed E-state index contributed by atoms with van der Waals surface area (Å²) in [6.07, 6.45) is 1.53. The Morgan fingerprint density at radius 2 is 1.75 bits per heavy atom. The summed E-state index contributed by atoms with van der Waals surface area (Å²) in [5, 5.41) is 7.06.